The summed E-state index contributed by atoms with van der Waals surface area (Å²) in [5.41, 5.74) is 2.73. The highest BCUT2D eigenvalue weighted by Gasteiger charge is 2.26. The Labute approximate surface area is 121 Å². The molecule has 1 heterocycles. The fourth-order valence-electron chi connectivity index (χ4n) is 2.68. The Kier molecular flexibility index (Phi) is 5.03. The summed E-state index contributed by atoms with van der Waals surface area (Å²) in [5, 5.41) is 3.53. The Hall–Kier alpha value is -0.830. The highest BCUT2D eigenvalue weighted by atomic mass is 35.5. The Bertz CT molecular complexity index is 408. The lowest BCUT2D eigenvalue weighted by molar-refractivity contribution is 0.326. The van der Waals surface area contributed by atoms with E-state index in [9.17, 15) is 0 Å². The minimum atomic E-state index is 0.175. The molecule has 0 saturated carbocycles. The molecule has 4 heteroatoms. The van der Waals surface area contributed by atoms with E-state index in [0.29, 0.717) is 5.88 Å². The first-order valence-corrected chi connectivity index (χ1v) is 7.90. The third-order valence-corrected chi connectivity index (χ3v) is 5.11. The van der Waals surface area contributed by atoms with Gasteiger partial charge in [-0.15, -0.1) is 11.6 Å². The summed E-state index contributed by atoms with van der Waals surface area (Å²) in [6.07, 6.45) is 8.56. The molecule has 1 aliphatic rings. The topological polar surface area (TPSA) is 37.8 Å². The van der Waals surface area contributed by atoms with Crippen LogP contribution in [0.5, 0.6) is 0 Å². The molecule has 1 aromatic heterocycles. The molecule has 3 nitrogen and oxygen atoms in total. The van der Waals surface area contributed by atoms with Crippen molar-refractivity contribution < 1.29 is 0 Å². The second-order valence-electron chi connectivity index (χ2n) is 5.55. The first-order chi connectivity index (χ1) is 9.24. The summed E-state index contributed by atoms with van der Waals surface area (Å²) in [6, 6.07) is 0. The summed E-state index contributed by atoms with van der Waals surface area (Å²) in [6.45, 7) is 5.32. The van der Waals surface area contributed by atoms with Crippen molar-refractivity contribution in [2.24, 2.45) is 5.41 Å². The Morgan fingerprint density at radius 3 is 2.63 bits per heavy atom. The van der Waals surface area contributed by atoms with Crippen LogP contribution < -0.4 is 5.32 Å². The fraction of sp³-hybridized carbons (Fsp3) is 0.733. The van der Waals surface area contributed by atoms with E-state index in [1.54, 1.807) is 6.33 Å². The molecule has 0 unspecified atom stereocenters. The van der Waals surface area contributed by atoms with E-state index >= 15 is 0 Å². The lowest BCUT2D eigenvalue weighted by Gasteiger charge is -2.30. The van der Waals surface area contributed by atoms with Gasteiger partial charge in [0, 0.05) is 29.1 Å². The molecule has 0 radical (unpaired) electrons. The van der Waals surface area contributed by atoms with Crippen LogP contribution in [0.1, 0.15) is 50.8 Å². The lowest BCUT2D eigenvalue weighted by Crippen LogP contribution is -2.31. The summed E-state index contributed by atoms with van der Waals surface area (Å²) in [4.78, 5) is 8.84. The fourth-order valence-corrected chi connectivity index (χ4v) is 3.15. The first-order valence-electron chi connectivity index (χ1n) is 7.37. The van der Waals surface area contributed by atoms with Crippen LogP contribution in [0.3, 0.4) is 0 Å². The van der Waals surface area contributed by atoms with Gasteiger partial charge in [-0.25, -0.2) is 9.97 Å². The second kappa shape index (κ2) is 6.56. The number of hydrogen-bond donors (Lipinski definition) is 1. The van der Waals surface area contributed by atoms with Gasteiger partial charge in [0.05, 0.1) is 0 Å². The van der Waals surface area contributed by atoms with Gasteiger partial charge < -0.3 is 5.32 Å². The molecule has 0 aromatic carbocycles. The first kappa shape index (κ1) is 14.6. The van der Waals surface area contributed by atoms with Crippen LogP contribution in [0, 0.1) is 5.41 Å². The van der Waals surface area contributed by atoms with Crippen molar-refractivity contribution in [2.45, 2.75) is 52.4 Å². The molecule has 106 valence electrons. The van der Waals surface area contributed by atoms with E-state index in [1.807, 2.05) is 0 Å². The molecule has 0 bridgehead atoms. The Balaban J connectivity index is 2.11. The van der Waals surface area contributed by atoms with Gasteiger partial charge in [-0.3, -0.25) is 0 Å². The molecule has 0 amide bonds. The molecular weight excluding hydrogens is 258 g/mol. The monoisotopic (exact) mass is 281 g/mol. The maximum atomic E-state index is 6.16. The summed E-state index contributed by atoms with van der Waals surface area (Å²) >= 11 is 6.16. The molecule has 19 heavy (non-hydrogen) atoms. The van der Waals surface area contributed by atoms with Crippen LogP contribution in [-0.2, 0) is 12.8 Å². The zero-order valence-corrected chi connectivity index (χ0v) is 12.8. The summed E-state index contributed by atoms with van der Waals surface area (Å²) in [7, 11) is 0. The molecule has 0 aliphatic heterocycles. The number of aromatic nitrogens is 2. The average Bonchev–Trinajstić information content (AvgIpc) is 2.49. The Morgan fingerprint density at radius 2 is 1.95 bits per heavy atom. The largest absolute Gasteiger partial charge is 0.369 e. The van der Waals surface area contributed by atoms with Crippen LogP contribution in [0.15, 0.2) is 6.33 Å². The number of nitrogens with zero attached hydrogens (tertiary/aromatic N) is 2. The highest BCUT2D eigenvalue weighted by Crippen LogP contribution is 2.30. The molecule has 0 spiro atoms. The number of anilines is 1. The summed E-state index contributed by atoms with van der Waals surface area (Å²) < 4.78 is 0. The zero-order valence-electron chi connectivity index (χ0n) is 12.0. The SMILES string of the molecule is CCC(CC)(CCl)CNc1ncnc2c1CCCC2. The number of nitrogens with one attached hydrogen (secondary N) is 1. The number of fused-ring (bicyclic) bond motifs is 1. The number of alkyl halides is 1. The van der Waals surface area contributed by atoms with E-state index in [2.05, 4.69) is 29.1 Å². The van der Waals surface area contributed by atoms with Crippen molar-refractivity contribution in [2.75, 3.05) is 17.7 Å². The van der Waals surface area contributed by atoms with Gasteiger partial charge in [-0.05, 0) is 38.5 Å². The van der Waals surface area contributed by atoms with Gasteiger partial charge in [0.25, 0.3) is 0 Å². The highest BCUT2D eigenvalue weighted by molar-refractivity contribution is 6.18. The molecule has 0 atom stereocenters. The third-order valence-electron chi connectivity index (χ3n) is 4.54. The van der Waals surface area contributed by atoms with E-state index in [4.69, 9.17) is 11.6 Å². The van der Waals surface area contributed by atoms with E-state index in [1.165, 1.54) is 24.1 Å². The van der Waals surface area contributed by atoms with Crippen LogP contribution in [0.25, 0.3) is 0 Å². The van der Waals surface area contributed by atoms with Crippen molar-refractivity contribution in [3.8, 4) is 0 Å². The summed E-state index contributed by atoms with van der Waals surface area (Å²) in [5.74, 6) is 1.72. The molecule has 1 aliphatic carbocycles. The van der Waals surface area contributed by atoms with Crippen LogP contribution in [0.2, 0.25) is 0 Å². The van der Waals surface area contributed by atoms with Gasteiger partial charge >= 0.3 is 0 Å². The van der Waals surface area contributed by atoms with Crippen molar-refractivity contribution in [1.82, 2.24) is 9.97 Å². The maximum absolute atomic E-state index is 6.16. The van der Waals surface area contributed by atoms with Gasteiger partial charge in [0.1, 0.15) is 12.1 Å². The van der Waals surface area contributed by atoms with Crippen molar-refractivity contribution >= 4 is 17.4 Å². The van der Waals surface area contributed by atoms with Crippen molar-refractivity contribution in [3.05, 3.63) is 17.6 Å². The van der Waals surface area contributed by atoms with Crippen LogP contribution in [-0.4, -0.2) is 22.4 Å². The van der Waals surface area contributed by atoms with Gasteiger partial charge in [0.2, 0.25) is 0 Å². The van der Waals surface area contributed by atoms with Crippen LogP contribution >= 0.6 is 11.6 Å². The van der Waals surface area contributed by atoms with Crippen molar-refractivity contribution in [3.63, 3.8) is 0 Å². The van der Waals surface area contributed by atoms with E-state index in [0.717, 1.165) is 38.0 Å². The molecular formula is C15H24ClN3. The number of aryl methyl sites for hydroxylation is 1. The van der Waals surface area contributed by atoms with E-state index in [-0.39, 0.29) is 5.41 Å². The number of hydrogen-bond acceptors (Lipinski definition) is 3. The Morgan fingerprint density at radius 1 is 1.21 bits per heavy atom. The second-order valence-corrected chi connectivity index (χ2v) is 5.82. The minimum Gasteiger partial charge on any atom is -0.369 e. The van der Waals surface area contributed by atoms with E-state index < -0.39 is 0 Å². The average molecular weight is 282 g/mol. The molecule has 1 N–H and O–H groups in total. The lowest BCUT2D eigenvalue weighted by atomic mass is 9.84. The van der Waals surface area contributed by atoms with Gasteiger partial charge in [-0.1, -0.05) is 13.8 Å². The number of halogens is 1. The quantitative estimate of drug-likeness (QED) is 0.806. The predicted octanol–water partition coefficient (Wildman–Crippen LogP) is 3.81. The van der Waals surface area contributed by atoms with Gasteiger partial charge in [0.15, 0.2) is 0 Å². The predicted molar refractivity (Wildman–Crippen MR) is 80.9 cm³/mol. The third kappa shape index (κ3) is 3.19. The normalized spacial score (nSPS) is 15.1. The molecule has 0 saturated heterocycles. The molecule has 2 rings (SSSR count). The van der Waals surface area contributed by atoms with Crippen molar-refractivity contribution in [1.29, 1.82) is 0 Å². The maximum Gasteiger partial charge on any atom is 0.132 e. The zero-order chi connectivity index (χ0) is 13.7. The van der Waals surface area contributed by atoms with Crippen LogP contribution in [0.4, 0.5) is 5.82 Å². The smallest absolute Gasteiger partial charge is 0.132 e. The molecule has 0 fully saturated rings. The minimum absolute atomic E-state index is 0.175. The van der Waals surface area contributed by atoms with Gasteiger partial charge in [-0.2, -0.15) is 0 Å². The standard InChI is InChI=1S/C15H24ClN3/c1-3-15(4-2,9-16)10-17-14-12-7-5-6-8-13(12)18-11-19-14/h11H,3-10H2,1-2H3,(H,17,18,19). The number of rotatable bonds is 6. The molecule has 1 aromatic rings.